The topological polar surface area (TPSA) is 69.1 Å². The number of hydrogen-bond acceptors (Lipinski definition) is 3. The third kappa shape index (κ3) is 2.37. The molecule has 0 aliphatic carbocycles. The first-order valence-electron chi connectivity index (χ1n) is 5.24. The first-order valence-corrected chi connectivity index (χ1v) is 5.24. The number of carbonyl (C=O) groups is 1. The van der Waals surface area contributed by atoms with Gasteiger partial charge in [0.25, 0.3) is 0 Å². The van der Waals surface area contributed by atoms with Gasteiger partial charge in [-0.15, -0.1) is 0 Å². The quantitative estimate of drug-likeness (QED) is 0.648. The number of nitrogens with two attached hydrogens (primary N) is 2. The Morgan fingerprint density at radius 3 is 2.05 bits per heavy atom. The minimum absolute atomic E-state index is 0.00637. The van der Waals surface area contributed by atoms with Gasteiger partial charge >= 0.3 is 0 Å². The number of hydrogen-bond donors (Lipinski definition) is 2. The number of nitrogen functional groups attached to an aromatic ring is 2. The van der Waals surface area contributed by atoms with Gasteiger partial charge in [-0.2, -0.15) is 0 Å². The van der Waals surface area contributed by atoms with Gasteiger partial charge in [-0.3, -0.25) is 4.79 Å². The summed E-state index contributed by atoms with van der Waals surface area (Å²) in [6, 6.07) is 4.80. The molecule has 0 fully saturated rings. The Labute approximate surface area is 106 Å². The van der Waals surface area contributed by atoms with E-state index in [9.17, 15) is 18.0 Å². The predicted molar refractivity (Wildman–Crippen MR) is 65.0 cm³/mol. The highest BCUT2D eigenvalue weighted by atomic mass is 19.1. The second-order valence-corrected chi connectivity index (χ2v) is 3.92. The van der Waals surface area contributed by atoms with Crippen LogP contribution in [0, 0.1) is 17.5 Å². The van der Waals surface area contributed by atoms with E-state index in [-0.39, 0.29) is 11.3 Å². The molecule has 0 amide bonds. The number of halogens is 3. The van der Waals surface area contributed by atoms with Gasteiger partial charge in [0.2, 0.25) is 5.78 Å². The van der Waals surface area contributed by atoms with Gasteiger partial charge in [-0.05, 0) is 18.2 Å². The Hall–Kier alpha value is -2.50. The van der Waals surface area contributed by atoms with Crippen LogP contribution < -0.4 is 11.5 Å². The van der Waals surface area contributed by atoms with Gasteiger partial charge in [-0.1, -0.05) is 0 Å². The van der Waals surface area contributed by atoms with Gasteiger partial charge in [-0.25, -0.2) is 13.2 Å². The molecule has 0 heterocycles. The lowest BCUT2D eigenvalue weighted by Crippen LogP contribution is -2.11. The van der Waals surface area contributed by atoms with E-state index < -0.39 is 28.8 Å². The first kappa shape index (κ1) is 12.9. The zero-order chi connectivity index (χ0) is 14.2. The summed E-state index contributed by atoms with van der Waals surface area (Å²) in [7, 11) is 0. The molecule has 98 valence electrons. The number of benzene rings is 2. The molecule has 0 atom stereocenters. The van der Waals surface area contributed by atoms with Crippen molar-refractivity contribution in [2.45, 2.75) is 0 Å². The molecule has 2 aromatic rings. The van der Waals surface area contributed by atoms with Crippen molar-refractivity contribution in [3.8, 4) is 0 Å². The highest BCUT2D eigenvalue weighted by Gasteiger charge is 2.22. The van der Waals surface area contributed by atoms with Crippen LogP contribution in [0.2, 0.25) is 0 Å². The molecule has 6 heteroatoms. The molecule has 0 aromatic heterocycles. The van der Waals surface area contributed by atoms with Crippen molar-refractivity contribution in [1.82, 2.24) is 0 Å². The van der Waals surface area contributed by atoms with Crippen molar-refractivity contribution in [3.63, 3.8) is 0 Å². The predicted octanol–water partition coefficient (Wildman–Crippen LogP) is 2.50. The van der Waals surface area contributed by atoms with Gasteiger partial charge < -0.3 is 11.5 Å². The fourth-order valence-electron chi connectivity index (χ4n) is 1.68. The third-order valence-electron chi connectivity index (χ3n) is 2.55. The van der Waals surface area contributed by atoms with Crippen LogP contribution in [0.15, 0.2) is 30.3 Å². The summed E-state index contributed by atoms with van der Waals surface area (Å²) in [5, 5.41) is 0. The van der Waals surface area contributed by atoms with E-state index in [4.69, 9.17) is 11.5 Å². The molecule has 3 nitrogen and oxygen atoms in total. The maximum Gasteiger partial charge on any atom is 0.201 e. The largest absolute Gasteiger partial charge is 0.399 e. The van der Waals surface area contributed by atoms with E-state index in [1.54, 1.807) is 0 Å². The number of anilines is 2. The standard InChI is InChI=1S/C13H9F3N2O/c14-6-3-9(15)12(10(16)4-6)13(19)8-2-1-7(17)5-11(8)18/h1-5H,17-18H2. The first-order chi connectivity index (χ1) is 8.90. The van der Waals surface area contributed by atoms with E-state index >= 15 is 0 Å². The molecular formula is C13H9F3N2O. The van der Waals surface area contributed by atoms with E-state index in [2.05, 4.69) is 0 Å². The summed E-state index contributed by atoms with van der Waals surface area (Å²) in [6.07, 6.45) is 0. The summed E-state index contributed by atoms with van der Waals surface area (Å²) in [6.45, 7) is 0. The van der Waals surface area contributed by atoms with Crippen LogP contribution in [0.1, 0.15) is 15.9 Å². The van der Waals surface area contributed by atoms with Crippen LogP contribution in [0.5, 0.6) is 0 Å². The van der Waals surface area contributed by atoms with E-state index in [1.807, 2.05) is 0 Å². The summed E-state index contributed by atoms with van der Waals surface area (Å²) in [5.74, 6) is -4.62. The minimum Gasteiger partial charge on any atom is -0.399 e. The van der Waals surface area contributed by atoms with Crippen LogP contribution in [0.25, 0.3) is 0 Å². The highest BCUT2D eigenvalue weighted by molar-refractivity contribution is 6.12. The monoisotopic (exact) mass is 266 g/mol. The Morgan fingerprint density at radius 2 is 1.53 bits per heavy atom. The summed E-state index contributed by atoms with van der Waals surface area (Å²) < 4.78 is 39.8. The van der Waals surface area contributed by atoms with Crippen molar-refractivity contribution in [2.24, 2.45) is 0 Å². The molecule has 0 unspecified atom stereocenters. The fraction of sp³-hybridized carbons (Fsp3) is 0. The summed E-state index contributed by atoms with van der Waals surface area (Å²) in [5.41, 5.74) is 10.4. The molecule has 2 rings (SSSR count). The lowest BCUT2D eigenvalue weighted by molar-refractivity contribution is 0.103. The second kappa shape index (κ2) is 4.64. The summed E-state index contributed by atoms with van der Waals surface area (Å²) >= 11 is 0. The van der Waals surface area contributed by atoms with Crippen molar-refractivity contribution in [1.29, 1.82) is 0 Å². The van der Waals surface area contributed by atoms with Crippen LogP contribution in [0.4, 0.5) is 24.5 Å². The zero-order valence-corrected chi connectivity index (χ0v) is 9.58. The minimum atomic E-state index is -1.28. The molecule has 2 aromatic carbocycles. The van der Waals surface area contributed by atoms with Crippen LogP contribution in [-0.2, 0) is 0 Å². The molecule has 0 aliphatic rings. The highest BCUT2D eigenvalue weighted by Crippen LogP contribution is 2.23. The van der Waals surface area contributed by atoms with Crippen molar-refractivity contribution < 1.29 is 18.0 Å². The Kier molecular flexibility index (Phi) is 3.16. The van der Waals surface area contributed by atoms with Gasteiger partial charge in [0.05, 0.1) is 5.56 Å². The van der Waals surface area contributed by atoms with Crippen LogP contribution in [0.3, 0.4) is 0 Å². The lowest BCUT2D eigenvalue weighted by atomic mass is 10.0. The van der Waals surface area contributed by atoms with E-state index in [0.29, 0.717) is 17.8 Å². The normalized spacial score (nSPS) is 10.5. The number of carbonyl (C=O) groups excluding carboxylic acids is 1. The van der Waals surface area contributed by atoms with Gasteiger partial charge in [0.1, 0.15) is 17.5 Å². The number of rotatable bonds is 2. The van der Waals surface area contributed by atoms with E-state index in [1.165, 1.54) is 18.2 Å². The second-order valence-electron chi connectivity index (χ2n) is 3.92. The molecule has 4 N–H and O–H groups in total. The maximum atomic E-state index is 13.5. The van der Waals surface area contributed by atoms with Crippen molar-refractivity contribution >= 4 is 17.2 Å². The number of ketones is 1. The zero-order valence-electron chi connectivity index (χ0n) is 9.58. The maximum absolute atomic E-state index is 13.5. The van der Waals surface area contributed by atoms with Crippen molar-refractivity contribution in [3.05, 3.63) is 58.9 Å². The van der Waals surface area contributed by atoms with Crippen LogP contribution >= 0.6 is 0 Å². The molecule has 0 saturated heterocycles. The van der Waals surface area contributed by atoms with Crippen molar-refractivity contribution in [2.75, 3.05) is 11.5 Å². The molecule has 0 bridgehead atoms. The summed E-state index contributed by atoms with van der Waals surface area (Å²) in [4.78, 5) is 12.0. The molecule has 0 spiro atoms. The van der Waals surface area contributed by atoms with E-state index in [0.717, 1.165) is 0 Å². The average molecular weight is 266 g/mol. The van der Waals surface area contributed by atoms with Gasteiger partial charge in [0, 0.05) is 29.1 Å². The van der Waals surface area contributed by atoms with Crippen LogP contribution in [-0.4, -0.2) is 5.78 Å². The fourth-order valence-corrected chi connectivity index (χ4v) is 1.68. The SMILES string of the molecule is Nc1ccc(C(=O)c2c(F)cc(F)cc2F)c(N)c1. The lowest BCUT2D eigenvalue weighted by Gasteiger charge is -2.07. The molecular weight excluding hydrogens is 257 g/mol. The Morgan fingerprint density at radius 1 is 0.947 bits per heavy atom. The molecule has 19 heavy (non-hydrogen) atoms. The third-order valence-corrected chi connectivity index (χ3v) is 2.55. The Bertz CT molecular complexity index is 648. The Balaban J connectivity index is 2.56. The van der Waals surface area contributed by atoms with Gasteiger partial charge in [0.15, 0.2) is 0 Å². The smallest absolute Gasteiger partial charge is 0.201 e. The molecule has 0 radical (unpaired) electrons. The molecule has 0 aliphatic heterocycles. The molecule has 0 saturated carbocycles. The average Bonchev–Trinajstić information content (AvgIpc) is 2.26.